The molecule has 0 radical (unpaired) electrons. The predicted molar refractivity (Wildman–Crippen MR) is 135 cm³/mol. The van der Waals surface area contributed by atoms with Crippen LogP contribution in [0.25, 0.3) is 0 Å². The first-order valence-corrected chi connectivity index (χ1v) is 11.7. The Kier molecular flexibility index (Phi) is 8.63. The summed E-state index contributed by atoms with van der Waals surface area (Å²) in [7, 11) is 0. The minimum Gasteiger partial charge on any atom is -0.489 e. The van der Waals surface area contributed by atoms with E-state index in [4.69, 9.17) is 14.2 Å². The first-order chi connectivity index (χ1) is 16.6. The second-order valence-electron chi connectivity index (χ2n) is 9.45. The topological polar surface area (TPSA) is 74.7 Å². The van der Waals surface area contributed by atoms with Crippen LogP contribution in [0.1, 0.15) is 73.7 Å². The van der Waals surface area contributed by atoms with Gasteiger partial charge < -0.3 is 14.2 Å². The molecule has 0 saturated carbocycles. The largest absolute Gasteiger partial charge is 0.489 e. The van der Waals surface area contributed by atoms with Gasteiger partial charge in [-0.25, -0.2) is 0 Å². The van der Waals surface area contributed by atoms with Gasteiger partial charge in [0.2, 0.25) is 0 Å². The number of Topliss-reactive ketones (excluding diaryl/α,β-unsaturated/α-hetero) is 1. The van der Waals surface area contributed by atoms with Crippen LogP contribution >= 0.6 is 0 Å². The van der Waals surface area contributed by atoms with Crippen LogP contribution < -0.4 is 9.47 Å². The number of ether oxygens (including phenoxy) is 3. The van der Waals surface area contributed by atoms with Gasteiger partial charge in [0.05, 0.1) is 5.56 Å². The lowest BCUT2D eigenvalue weighted by Gasteiger charge is -2.24. The molecular weight excluding hydrogens is 442 g/mol. The molecular formula is C29H33NO5. The first kappa shape index (κ1) is 25.9. The van der Waals surface area contributed by atoms with E-state index in [0.29, 0.717) is 30.1 Å². The van der Waals surface area contributed by atoms with Gasteiger partial charge in [-0.1, -0.05) is 30.3 Å². The van der Waals surface area contributed by atoms with Crippen LogP contribution in [0, 0.1) is 6.92 Å². The third-order valence-electron chi connectivity index (χ3n) is 5.30. The molecule has 0 fully saturated rings. The standard InChI is InChI=1S/C29H33NO5/c1-20-9-6-7-11-24(20)26(14-15-28(32)35-29(3,4)5)34-27-17-23(12-13-25(27)21(2)31)33-19-22-10-8-16-30-18-22/h6-13,16-18,26H,14-15,19H2,1-5H3/t26-/m1/s1. The van der Waals surface area contributed by atoms with Crippen LogP contribution in [0.3, 0.4) is 0 Å². The molecule has 0 saturated heterocycles. The Morgan fingerprint density at radius 3 is 2.46 bits per heavy atom. The Hall–Kier alpha value is -3.67. The van der Waals surface area contributed by atoms with Crippen LogP contribution in [0.2, 0.25) is 0 Å². The van der Waals surface area contributed by atoms with Gasteiger partial charge in [-0.15, -0.1) is 0 Å². The summed E-state index contributed by atoms with van der Waals surface area (Å²) in [5.74, 6) is 0.581. The van der Waals surface area contributed by atoms with E-state index in [1.54, 1.807) is 30.6 Å². The third-order valence-corrected chi connectivity index (χ3v) is 5.30. The Labute approximate surface area is 207 Å². The molecule has 2 aromatic carbocycles. The third kappa shape index (κ3) is 7.95. The number of benzene rings is 2. The van der Waals surface area contributed by atoms with E-state index >= 15 is 0 Å². The van der Waals surface area contributed by atoms with Gasteiger partial charge in [0.25, 0.3) is 0 Å². The maximum Gasteiger partial charge on any atom is 0.306 e. The van der Waals surface area contributed by atoms with Crippen molar-refractivity contribution in [2.45, 2.75) is 65.8 Å². The summed E-state index contributed by atoms with van der Waals surface area (Å²) in [6.07, 6.45) is 3.59. The summed E-state index contributed by atoms with van der Waals surface area (Å²) >= 11 is 0. The summed E-state index contributed by atoms with van der Waals surface area (Å²) in [6, 6.07) is 16.8. The number of hydrogen-bond acceptors (Lipinski definition) is 6. The van der Waals surface area contributed by atoms with Gasteiger partial charge >= 0.3 is 5.97 Å². The van der Waals surface area contributed by atoms with E-state index in [2.05, 4.69) is 4.98 Å². The molecule has 6 nitrogen and oxygen atoms in total. The molecule has 35 heavy (non-hydrogen) atoms. The molecule has 0 aliphatic rings. The lowest BCUT2D eigenvalue weighted by atomic mass is 9.99. The molecule has 3 rings (SSSR count). The molecule has 0 spiro atoms. The average Bonchev–Trinajstić information content (AvgIpc) is 2.80. The number of esters is 1. The van der Waals surface area contributed by atoms with Gasteiger partial charge in [-0.2, -0.15) is 0 Å². The number of aromatic nitrogens is 1. The second kappa shape index (κ2) is 11.6. The molecule has 6 heteroatoms. The zero-order valence-electron chi connectivity index (χ0n) is 21.0. The molecule has 184 valence electrons. The summed E-state index contributed by atoms with van der Waals surface area (Å²) in [4.78, 5) is 28.9. The molecule has 0 aliphatic heterocycles. The first-order valence-electron chi connectivity index (χ1n) is 11.7. The Morgan fingerprint density at radius 1 is 1.03 bits per heavy atom. The summed E-state index contributed by atoms with van der Waals surface area (Å²) in [5.41, 5.74) is 2.82. The number of pyridine rings is 1. The maximum atomic E-state index is 12.4. The number of carbonyl (C=O) groups excluding carboxylic acids is 2. The summed E-state index contributed by atoms with van der Waals surface area (Å²) < 4.78 is 17.8. The van der Waals surface area contributed by atoms with Crippen molar-refractivity contribution in [1.82, 2.24) is 4.98 Å². The van der Waals surface area contributed by atoms with E-state index in [0.717, 1.165) is 16.7 Å². The zero-order valence-corrected chi connectivity index (χ0v) is 21.0. The van der Waals surface area contributed by atoms with E-state index in [1.807, 2.05) is 64.1 Å². The second-order valence-corrected chi connectivity index (χ2v) is 9.45. The zero-order chi connectivity index (χ0) is 25.4. The van der Waals surface area contributed by atoms with Gasteiger partial charge in [0.1, 0.15) is 29.8 Å². The van der Waals surface area contributed by atoms with Crippen molar-refractivity contribution < 1.29 is 23.8 Å². The number of rotatable bonds is 10. The van der Waals surface area contributed by atoms with Gasteiger partial charge in [-0.3, -0.25) is 14.6 Å². The van der Waals surface area contributed by atoms with E-state index in [9.17, 15) is 9.59 Å². The van der Waals surface area contributed by atoms with E-state index in [-0.39, 0.29) is 18.2 Å². The molecule has 0 amide bonds. The fourth-order valence-corrected chi connectivity index (χ4v) is 3.65. The fraction of sp³-hybridized carbons (Fsp3) is 0.345. The highest BCUT2D eigenvalue weighted by molar-refractivity contribution is 5.97. The summed E-state index contributed by atoms with van der Waals surface area (Å²) in [6.45, 7) is 9.37. The van der Waals surface area contributed by atoms with Crippen LogP contribution in [-0.2, 0) is 16.1 Å². The number of hydrogen-bond donors (Lipinski definition) is 0. The smallest absolute Gasteiger partial charge is 0.306 e. The van der Waals surface area contributed by atoms with Crippen molar-refractivity contribution in [2.75, 3.05) is 0 Å². The van der Waals surface area contributed by atoms with Crippen molar-refractivity contribution in [3.05, 3.63) is 89.2 Å². The highest BCUT2D eigenvalue weighted by Gasteiger charge is 2.23. The maximum absolute atomic E-state index is 12.4. The molecule has 3 aromatic rings. The van der Waals surface area contributed by atoms with E-state index < -0.39 is 11.7 Å². The van der Waals surface area contributed by atoms with E-state index in [1.165, 1.54) is 6.92 Å². The van der Waals surface area contributed by atoms with Crippen molar-refractivity contribution in [3.63, 3.8) is 0 Å². The quantitative estimate of drug-likeness (QED) is 0.249. The fourth-order valence-electron chi connectivity index (χ4n) is 3.65. The highest BCUT2D eigenvalue weighted by Crippen LogP contribution is 2.33. The summed E-state index contributed by atoms with van der Waals surface area (Å²) in [5, 5.41) is 0. The lowest BCUT2D eigenvalue weighted by molar-refractivity contribution is -0.155. The Balaban J connectivity index is 1.85. The number of nitrogens with zero attached hydrogens (tertiary/aromatic N) is 1. The average molecular weight is 476 g/mol. The SMILES string of the molecule is CC(=O)c1ccc(OCc2cccnc2)cc1O[C@H](CCC(=O)OC(C)(C)C)c1ccccc1C. The van der Waals surface area contributed by atoms with Crippen molar-refractivity contribution in [1.29, 1.82) is 0 Å². The van der Waals surface area contributed by atoms with Crippen LogP contribution in [0.5, 0.6) is 11.5 Å². The lowest BCUT2D eigenvalue weighted by Crippen LogP contribution is -2.24. The number of carbonyl (C=O) groups is 2. The Bertz CT molecular complexity index is 1150. The molecule has 0 bridgehead atoms. The minimum absolute atomic E-state index is 0.116. The normalized spacial score (nSPS) is 12.0. The van der Waals surface area contributed by atoms with Gasteiger partial charge in [-0.05, 0) is 70.4 Å². The predicted octanol–water partition coefficient (Wildman–Crippen LogP) is 6.41. The van der Waals surface area contributed by atoms with Gasteiger partial charge in [0, 0.05) is 30.4 Å². The molecule has 1 atom stereocenters. The monoisotopic (exact) mass is 475 g/mol. The van der Waals surface area contributed by atoms with Crippen molar-refractivity contribution in [3.8, 4) is 11.5 Å². The number of ketones is 1. The molecule has 0 N–H and O–H groups in total. The number of aryl methyl sites for hydroxylation is 1. The van der Waals surface area contributed by atoms with Crippen molar-refractivity contribution >= 4 is 11.8 Å². The minimum atomic E-state index is -0.558. The molecule has 0 aliphatic carbocycles. The highest BCUT2D eigenvalue weighted by atomic mass is 16.6. The van der Waals surface area contributed by atoms with Crippen LogP contribution in [0.15, 0.2) is 67.0 Å². The molecule has 0 unspecified atom stereocenters. The molecule has 1 heterocycles. The van der Waals surface area contributed by atoms with Crippen LogP contribution in [-0.4, -0.2) is 22.3 Å². The van der Waals surface area contributed by atoms with Gasteiger partial charge in [0.15, 0.2) is 5.78 Å². The van der Waals surface area contributed by atoms with Crippen LogP contribution in [0.4, 0.5) is 0 Å². The van der Waals surface area contributed by atoms with Crippen molar-refractivity contribution in [2.24, 2.45) is 0 Å². The molecule has 1 aromatic heterocycles. The Morgan fingerprint density at radius 2 is 1.80 bits per heavy atom.